The Bertz CT molecular complexity index is 393. The van der Waals surface area contributed by atoms with E-state index in [1.54, 1.807) is 12.3 Å². The summed E-state index contributed by atoms with van der Waals surface area (Å²) in [5, 5.41) is 6.15. The molecule has 106 valence electrons. The number of carbonyl (C=O) groups is 1. The summed E-state index contributed by atoms with van der Waals surface area (Å²) in [5.74, 6) is 0.514. The Balaban J connectivity index is 2.49. The van der Waals surface area contributed by atoms with Crippen LogP contribution < -0.4 is 10.6 Å². The number of carbonyl (C=O) groups excluding carboxylic acids is 1. The number of hydrogen-bond donors (Lipinski definition) is 2. The number of amides is 1. The van der Waals surface area contributed by atoms with Crippen LogP contribution in [-0.4, -0.2) is 23.0 Å². The standard InChI is InChI=1S/C14H22BrN3O/c1-4-14(5-2,6-3)17-10-13(19)18-12-8-7-11(15)9-16-12/h7-9,17H,4-6,10H2,1-3H3,(H,16,18,19). The number of pyridine rings is 1. The zero-order chi connectivity index (χ0) is 14.3. The molecule has 1 amide bonds. The van der Waals surface area contributed by atoms with Gasteiger partial charge in [-0.1, -0.05) is 20.8 Å². The van der Waals surface area contributed by atoms with E-state index in [1.165, 1.54) is 0 Å². The summed E-state index contributed by atoms with van der Waals surface area (Å²) in [6, 6.07) is 3.62. The van der Waals surface area contributed by atoms with Crippen LogP contribution >= 0.6 is 15.9 Å². The average molecular weight is 328 g/mol. The quantitative estimate of drug-likeness (QED) is 0.807. The van der Waals surface area contributed by atoms with Crippen molar-refractivity contribution in [3.8, 4) is 0 Å². The molecular formula is C14H22BrN3O. The summed E-state index contributed by atoms with van der Waals surface area (Å²) in [4.78, 5) is 16.0. The van der Waals surface area contributed by atoms with E-state index in [0.29, 0.717) is 12.4 Å². The number of halogens is 1. The molecule has 1 aromatic heterocycles. The Morgan fingerprint density at radius 1 is 1.26 bits per heavy atom. The Kier molecular flexibility index (Phi) is 6.45. The van der Waals surface area contributed by atoms with Crippen molar-refractivity contribution in [2.45, 2.75) is 45.6 Å². The summed E-state index contributed by atoms with van der Waals surface area (Å²) in [6.07, 6.45) is 4.72. The first kappa shape index (κ1) is 16.1. The minimum absolute atomic E-state index is 0.0600. The summed E-state index contributed by atoms with van der Waals surface area (Å²) >= 11 is 3.31. The number of aromatic nitrogens is 1. The Morgan fingerprint density at radius 2 is 1.89 bits per heavy atom. The maximum Gasteiger partial charge on any atom is 0.239 e. The van der Waals surface area contributed by atoms with Gasteiger partial charge in [-0.2, -0.15) is 0 Å². The molecule has 0 atom stereocenters. The van der Waals surface area contributed by atoms with Crippen molar-refractivity contribution >= 4 is 27.7 Å². The van der Waals surface area contributed by atoms with Gasteiger partial charge in [0.25, 0.3) is 0 Å². The average Bonchev–Trinajstić information content (AvgIpc) is 2.44. The molecule has 0 saturated carbocycles. The van der Waals surface area contributed by atoms with E-state index < -0.39 is 0 Å². The van der Waals surface area contributed by atoms with E-state index in [2.05, 4.69) is 52.3 Å². The highest BCUT2D eigenvalue weighted by atomic mass is 79.9. The van der Waals surface area contributed by atoms with Gasteiger partial charge in [-0.15, -0.1) is 0 Å². The van der Waals surface area contributed by atoms with Crippen LogP contribution in [0.2, 0.25) is 0 Å². The Morgan fingerprint density at radius 3 is 2.37 bits per heavy atom. The highest BCUT2D eigenvalue weighted by molar-refractivity contribution is 9.10. The molecule has 1 aromatic rings. The summed E-state index contributed by atoms with van der Waals surface area (Å²) in [7, 11) is 0. The topological polar surface area (TPSA) is 54.0 Å². The smallest absolute Gasteiger partial charge is 0.239 e. The Labute approximate surface area is 123 Å². The molecular weight excluding hydrogens is 306 g/mol. The molecule has 0 bridgehead atoms. The van der Waals surface area contributed by atoms with Crippen molar-refractivity contribution in [3.63, 3.8) is 0 Å². The van der Waals surface area contributed by atoms with Crippen molar-refractivity contribution in [3.05, 3.63) is 22.8 Å². The van der Waals surface area contributed by atoms with Gasteiger partial charge >= 0.3 is 0 Å². The maximum absolute atomic E-state index is 11.9. The van der Waals surface area contributed by atoms with Gasteiger partial charge in [0.15, 0.2) is 0 Å². The second-order valence-electron chi connectivity index (χ2n) is 4.60. The van der Waals surface area contributed by atoms with Gasteiger partial charge in [-0.3, -0.25) is 4.79 Å². The largest absolute Gasteiger partial charge is 0.310 e. The van der Waals surface area contributed by atoms with Crippen LogP contribution in [0.5, 0.6) is 0 Å². The van der Waals surface area contributed by atoms with Crippen molar-refractivity contribution in [1.82, 2.24) is 10.3 Å². The van der Waals surface area contributed by atoms with E-state index in [4.69, 9.17) is 0 Å². The number of rotatable bonds is 7. The van der Waals surface area contributed by atoms with Gasteiger partial charge < -0.3 is 10.6 Å². The minimum Gasteiger partial charge on any atom is -0.310 e. The molecule has 0 aromatic carbocycles. The first-order valence-electron chi connectivity index (χ1n) is 6.71. The first-order chi connectivity index (χ1) is 9.05. The molecule has 0 aliphatic heterocycles. The molecule has 4 nitrogen and oxygen atoms in total. The van der Waals surface area contributed by atoms with Gasteiger partial charge in [0, 0.05) is 16.2 Å². The lowest BCUT2D eigenvalue weighted by molar-refractivity contribution is -0.115. The van der Waals surface area contributed by atoms with Crippen molar-refractivity contribution in [2.24, 2.45) is 0 Å². The SMILES string of the molecule is CCC(CC)(CC)NCC(=O)Nc1ccc(Br)cn1. The van der Waals surface area contributed by atoms with Crippen molar-refractivity contribution in [2.75, 3.05) is 11.9 Å². The van der Waals surface area contributed by atoms with E-state index in [9.17, 15) is 4.79 Å². The van der Waals surface area contributed by atoms with Gasteiger partial charge in [-0.25, -0.2) is 4.98 Å². The van der Waals surface area contributed by atoms with Crippen LogP contribution in [0.1, 0.15) is 40.0 Å². The lowest BCUT2D eigenvalue weighted by atomic mass is 9.90. The molecule has 0 unspecified atom stereocenters. The molecule has 0 aliphatic rings. The second kappa shape index (κ2) is 7.60. The Hall–Kier alpha value is -0.940. The van der Waals surface area contributed by atoms with E-state index >= 15 is 0 Å². The van der Waals surface area contributed by atoms with Crippen molar-refractivity contribution in [1.29, 1.82) is 0 Å². The molecule has 0 radical (unpaired) electrons. The van der Waals surface area contributed by atoms with Gasteiger partial charge in [0.1, 0.15) is 5.82 Å². The zero-order valence-corrected chi connectivity index (χ0v) is 13.4. The minimum atomic E-state index is -0.0606. The number of nitrogens with zero attached hydrogens (tertiary/aromatic N) is 1. The summed E-state index contributed by atoms with van der Waals surface area (Å²) in [5.41, 5.74) is 0.0600. The third kappa shape index (κ3) is 4.91. The van der Waals surface area contributed by atoms with Crippen LogP contribution in [0.4, 0.5) is 5.82 Å². The first-order valence-corrected chi connectivity index (χ1v) is 7.51. The van der Waals surface area contributed by atoms with Crippen LogP contribution in [0, 0.1) is 0 Å². The molecule has 2 N–H and O–H groups in total. The van der Waals surface area contributed by atoms with Crippen LogP contribution in [-0.2, 0) is 4.79 Å². The highest BCUT2D eigenvalue weighted by Gasteiger charge is 2.23. The monoisotopic (exact) mass is 327 g/mol. The molecule has 0 aliphatic carbocycles. The zero-order valence-electron chi connectivity index (χ0n) is 11.8. The molecule has 1 heterocycles. The number of nitrogens with one attached hydrogen (secondary N) is 2. The lowest BCUT2D eigenvalue weighted by Crippen LogP contribution is -2.47. The molecule has 0 fully saturated rings. The molecule has 0 saturated heterocycles. The third-order valence-corrected chi connectivity index (χ3v) is 4.12. The molecule has 1 rings (SSSR count). The van der Waals surface area contributed by atoms with Crippen LogP contribution in [0.15, 0.2) is 22.8 Å². The van der Waals surface area contributed by atoms with Gasteiger partial charge in [-0.05, 0) is 47.3 Å². The summed E-state index contributed by atoms with van der Waals surface area (Å²) < 4.78 is 0.894. The highest BCUT2D eigenvalue weighted by Crippen LogP contribution is 2.18. The lowest BCUT2D eigenvalue weighted by Gasteiger charge is -2.31. The van der Waals surface area contributed by atoms with Crippen molar-refractivity contribution < 1.29 is 4.79 Å². The van der Waals surface area contributed by atoms with Gasteiger partial charge in [0.2, 0.25) is 5.91 Å². The van der Waals surface area contributed by atoms with E-state index in [0.717, 1.165) is 23.7 Å². The third-order valence-electron chi connectivity index (χ3n) is 3.65. The van der Waals surface area contributed by atoms with Crippen LogP contribution in [0.3, 0.4) is 0 Å². The van der Waals surface area contributed by atoms with Crippen LogP contribution in [0.25, 0.3) is 0 Å². The second-order valence-corrected chi connectivity index (χ2v) is 5.52. The fourth-order valence-electron chi connectivity index (χ4n) is 2.03. The maximum atomic E-state index is 11.9. The summed E-state index contributed by atoms with van der Waals surface area (Å²) in [6.45, 7) is 6.75. The van der Waals surface area contributed by atoms with E-state index in [1.807, 2.05) is 6.07 Å². The number of hydrogen-bond acceptors (Lipinski definition) is 3. The van der Waals surface area contributed by atoms with E-state index in [-0.39, 0.29) is 11.4 Å². The predicted molar refractivity (Wildman–Crippen MR) is 82.2 cm³/mol. The fraction of sp³-hybridized carbons (Fsp3) is 0.571. The van der Waals surface area contributed by atoms with Gasteiger partial charge in [0.05, 0.1) is 6.54 Å². The predicted octanol–water partition coefficient (Wildman–Crippen LogP) is 3.34. The molecule has 0 spiro atoms. The normalized spacial score (nSPS) is 11.4. The number of anilines is 1. The molecule has 19 heavy (non-hydrogen) atoms. The molecule has 5 heteroatoms. The fourth-order valence-corrected chi connectivity index (χ4v) is 2.26.